The van der Waals surface area contributed by atoms with Crippen LogP contribution in [0.15, 0.2) is 0 Å². The predicted octanol–water partition coefficient (Wildman–Crippen LogP) is 2.55. The maximum absolute atomic E-state index is 12.5. The summed E-state index contributed by atoms with van der Waals surface area (Å²) in [7, 11) is 1.30. The molecule has 4 atom stereocenters. The molecule has 2 saturated heterocycles. The summed E-state index contributed by atoms with van der Waals surface area (Å²) in [6.07, 6.45) is 2.97. The van der Waals surface area contributed by atoms with Crippen LogP contribution < -0.4 is 9.47 Å². The fraction of sp³-hybridized carbons (Fsp3) is 0.650. The molecule has 1 aromatic carbocycles. The van der Waals surface area contributed by atoms with Crippen molar-refractivity contribution in [3.05, 3.63) is 16.7 Å². The molecule has 0 aromatic heterocycles. The molecule has 146 valence electrons. The molecule has 27 heavy (non-hydrogen) atoms. The standard InChI is InChI=1S/C20H24O7/c1-19-10(4-6-24-19)8-12-15(21)14(18(22)23-3)17-13(16(12)26-19)9-11-5-7-25-20(11,2)27-17/h10-11,21H,4-9H2,1-3H3/t10-,11+,19+,20-/m1/s1. The van der Waals surface area contributed by atoms with E-state index >= 15 is 0 Å². The van der Waals surface area contributed by atoms with E-state index in [0.717, 1.165) is 18.4 Å². The minimum atomic E-state index is -0.818. The second kappa shape index (κ2) is 5.52. The number of esters is 1. The highest BCUT2D eigenvalue weighted by atomic mass is 16.7. The Morgan fingerprint density at radius 1 is 1.00 bits per heavy atom. The SMILES string of the molecule is COC(=O)c1c(O)c2c(c3c1O[C@@]1(C)OCC[C@H]1C3)O[C@]1(C)OCC[C@@H]1C2. The Morgan fingerprint density at radius 3 is 2.15 bits per heavy atom. The van der Waals surface area contributed by atoms with Gasteiger partial charge in [0, 0.05) is 36.8 Å². The van der Waals surface area contributed by atoms with Crippen molar-refractivity contribution in [3.63, 3.8) is 0 Å². The molecular formula is C20H24O7. The number of phenolic OH excluding ortho intramolecular Hbond substituents is 1. The minimum absolute atomic E-state index is 0.0625. The fourth-order valence-corrected chi connectivity index (χ4v) is 4.97. The van der Waals surface area contributed by atoms with E-state index in [9.17, 15) is 9.90 Å². The van der Waals surface area contributed by atoms with Crippen LogP contribution in [0.5, 0.6) is 17.2 Å². The van der Waals surface area contributed by atoms with Gasteiger partial charge in [0.15, 0.2) is 0 Å². The van der Waals surface area contributed by atoms with Crippen LogP contribution in [-0.4, -0.2) is 43.0 Å². The number of benzene rings is 1. The third-order valence-electron chi connectivity index (χ3n) is 6.67. The van der Waals surface area contributed by atoms with Crippen molar-refractivity contribution in [2.24, 2.45) is 11.8 Å². The second-order valence-electron chi connectivity index (χ2n) is 8.14. The van der Waals surface area contributed by atoms with Crippen molar-refractivity contribution in [3.8, 4) is 17.2 Å². The Bertz CT molecular complexity index is 834. The molecule has 0 unspecified atom stereocenters. The lowest BCUT2D eigenvalue weighted by Crippen LogP contribution is -2.46. The Balaban J connectivity index is 1.73. The molecule has 7 nitrogen and oxygen atoms in total. The molecule has 0 amide bonds. The lowest BCUT2D eigenvalue weighted by atomic mass is 9.81. The number of hydrogen-bond donors (Lipinski definition) is 1. The number of aromatic hydroxyl groups is 1. The van der Waals surface area contributed by atoms with E-state index in [0.29, 0.717) is 43.1 Å². The van der Waals surface area contributed by atoms with Crippen LogP contribution in [0.25, 0.3) is 0 Å². The van der Waals surface area contributed by atoms with Gasteiger partial charge in [-0.05, 0) is 25.7 Å². The van der Waals surface area contributed by atoms with Crippen molar-refractivity contribution < 1.29 is 33.6 Å². The van der Waals surface area contributed by atoms with E-state index in [4.69, 9.17) is 23.7 Å². The zero-order valence-electron chi connectivity index (χ0n) is 15.8. The fourth-order valence-electron chi connectivity index (χ4n) is 4.97. The van der Waals surface area contributed by atoms with Crippen molar-refractivity contribution >= 4 is 5.97 Å². The molecule has 0 saturated carbocycles. The van der Waals surface area contributed by atoms with Crippen LogP contribution in [0, 0.1) is 11.8 Å². The van der Waals surface area contributed by atoms with E-state index in [-0.39, 0.29) is 23.1 Å². The maximum atomic E-state index is 12.5. The van der Waals surface area contributed by atoms with E-state index in [1.54, 1.807) is 0 Å². The number of hydrogen-bond acceptors (Lipinski definition) is 7. The van der Waals surface area contributed by atoms with Gasteiger partial charge < -0.3 is 28.8 Å². The lowest BCUT2D eigenvalue weighted by Gasteiger charge is -2.42. The first-order chi connectivity index (χ1) is 12.9. The molecular weight excluding hydrogens is 352 g/mol. The number of fused-ring (bicyclic) bond motifs is 5. The molecule has 4 aliphatic heterocycles. The van der Waals surface area contributed by atoms with Gasteiger partial charge in [0.1, 0.15) is 22.8 Å². The second-order valence-corrected chi connectivity index (χ2v) is 8.14. The summed E-state index contributed by atoms with van der Waals surface area (Å²) in [4.78, 5) is 12.5. The summed E-state index contributed by atoms with van der Waals surface area (Å²) in [5, 5.41) is 11.0. The van der Waals surface area contributed by atoms with Gasteiger partial charge in [-0.15, -0.1) is 0 Å². The number of phenols is 1. The van der Waals surface area contributed by atoms with Crippen LogP contribution in [0.1, 0.15) is 48.2 Å². The Kier molecular flexibility index (Phi) is 3.50. The van der Waals surface area contributed by atoms with Crippen LogP contribution >= 0.6 is 0 Å². The number of methoxy groups -OCH3 is 1. The summed E-state index contributed by atoms with van der Waals surface area (Å²) in [6, 6.07) is 0. The predicted molar refractivity (Wildman–Crippen MR) is 93.0 cm³/mol. The molecule has 4 aliphatic rings. The molecule has 7 heteroatoms. The summed E-state index contributed by atoms with van der Waals surface area (Å²) in [6.45, 7) is 5.04. The van der Waals surface area contributed by atoms with Gasteiger partial charge in [-0.3, -0.25) is 0 Å². The molecule has 0 aliphatic carbocycles. The average Bonchev–Trinajstić information content (AvgIpc) is 3.19. The third kappa shape index (κ3) is 2.24. The first-order valence-corrected chi connectivity index (χ1v) is 9.51. The Hall–Kier alpha value is -1.99. The van der Waals surface area contributed by atoms with Crippen molar-refractivity contribution in [2.45, 2.75) is 51.1 Å². The normalized spacial score (nSPS) is 36.0. The highest BCUT2D eigenvalue weighted by Gasteiger charge is 2.53. The zero-order chi connectivity index (χ0) is 19.0. The van der Waals surface area contributed by atoms with Gasteiger partial charge >= 0.3 is 5.97 Å². The highest BCUT2D eigenvalue weighted by Crippen LogP contribution is 2.56. The van der Waals surface area contributed by atoms with Crippen molar-refractivity contribution in [2.75, 3.05) is 20.3 Å². The molecule has 0 spiro atoms. The van der Waals surface area contributed by atoms with Gasteiger partial charge in [-0.25, -0.2) is 4.79 Å². The van der Waals surface area contributed by atoms with Gasteiger partial charge in [-0.1, -0.05) is 0 Å². The molecule has 1 aromatic rings. The van der Waals surface area contributed by atoms with Crippen LogP contribution in [0.3, 0.4) is 0 Å². The van der Waals surface area contributed by atoms with Crippen molar-refractivity contribution in [1.29, 1.82) is 0 Å². The van der Waals surface area contributed by atoms with Crippen LogP contribution in [0.4, 0.5) is 0 Å². The summed E-state index contributed by atoms with van der Waals surface area (Å²) in [5.41, 5.74) is 1.51. The summed E-state index contributed by atoms with van der Waals surface area (Å²) >= 11 is 0. The lowest BCUT2D eigenvalue weighted by molar-refractivity contribution is -0.173. The topological polar surface area (TPSA) is 83.5 Å². The monoisotopic (exact) mass is 376 g/mol. The maximum Gasteiger partial charge on any atom is 0.345 e. The number of rotatable bonds is 1. The molecule has 0 bridgehead atoms. The number of ether oxygens (including phenoxy) is 5. The molecule has 1 N–H and O–H groups in total. The van der Waals surface area contributed by atoms with Gasteiger partial charge in [0.2, 0.25) is 11.6 Å². The van der Waals surface area contributed by atoms with Gasteiger partial charge in [0.25, 0.3) is 0 Å². The number of carbonyl (C=O) groups excluding carboxylic acids is 1. The molecule has 5 rings (SSSR count). The Morgan fingerprint density at radius 2 is 1.56 bits per heavy atom. The zero-order valence-corrected chi connectivity index (χ0v) is 15.8. The summed E-state index contributed by atoms with van der Waals surface area (Å²) in [5.74, 6) is -1.10. The van der Waals surface area contributed by atoms with Gasteiger partial charge in [-0.2, -0.15) is 0 Å². The van der Waals surface area contributed by atoms with Crippen LogP contribution in [-0.2, 0) is 27.1 Å². The molecule has 0 radical (unpaired) electrons. The van der Waals surface area contributed by atoms with Crippen LogP contribution in [0.2, 0.25) is 0 Å². The van der Waals surface area contributed by atoms with Gasteiger partial charge in [0.05, 0.1) is 20.3 Å². The smallest absolute Gasteiger partial charge is 0.345 e. The molecule has 2 fully saturated rings. The molecule has 4 heterocycles. The largest absolute Gasteiger partial charge is 0.506 e. The van der Waals surface area contributed by atoms with E-state index in [2.05, 4.69) is 0 Å². The first-order valence-electron chi connectivity index (χ1n) is 9.51. The quantitative estimate of drug-likeness (QED) is 0.754. The van der Waals surface area contributed by atoms with Crippen molar-refractivity contribution in [1.82, 2.24) is 0 Å². The van der Waals surface area contributed by atoms with E-state index in [1.807, 2.05) is 13.8 Å². The average molecular weight is 376 g/mol. The Labute approximate surface area is 157 Å². The number of carbonyl (C=O) groups is 1. The van der Waals surface area contributed by atoms with E-state index in [1.165, 1.54) is 7.11 Å². The minimum Gasteiger partial charge on any atom is -0.506 e. The highest BCUT2D eigenvalue weighted by molar-refractivity contribution is 5.97. The third-order valence-corrected chi connectivity index (χ3v) is 6.67. The first kappa shape index (κ1) is 17.1. The van der Waals surface area contributed by atoms with E-state index < -0.39 is 17.5 Å². The summed E-state index contributed by atoms with van der Waals surface area (Å²) < 4.78 is 29.1.